The number of carbonyl (C=O) groups is 4. The molecule has 224 valence electrons. The van der Waals surface area contributed by atoms with Crippen molar-refractivity contribution in [3.63, 3.8) is 0 Å². The number of alkyl carbamates (subject to hydrolysis) is 2. The lowest BCUT2D eigenvalue weighted by atomic mass is 9.84. The molecule has 0 fully saturated rings. The zero-order chi connectivity index (χ0) is 30.4. The van der Waals surface area contributed by atoms with Crippen molar-refractivity contribution in [2.24, 2.45) is 0 Å². The van der Waals surface area contributed by atoms with Crippen LogP contribution in [0.15, 0.2) is 60.7 Å². The maximum Gasteiger partial charge on any atom is 0.408 e. The van der Waals surface area contributed by atoms with Crippen molar-refractivity contribution in [3.8, 4) is 0 Å². The summed E-state index contributed by atoms with van der Waals surface area (Å²) in [6.07, 6.45) is -0.138. The lowest BCUT2D eigenvalue weighted by Crippen LogP contribution is -2.52. The van der Waals surface area contributed by atoms with E-state index in [0.29, 0.717) is 19.3 Å². The van der Waals surface area contributed by atoms with Gasteiger partial charge in [0.2, 0.25) is 5.91 Å². The SMILES string of the molecule is CCOC(=O)C(CCCC(C)NC(=O)C(NC(=O)OC)C(c1ccccc1)c1ccccc1)NC(=O)OC(C)(C)C. The third-order valence-electron chi connectivity index (χ3n) is 6.17. The maximum atomic E-state index is 13.6. The topological polar surface area (TPSA) is 132 Å². The third-order valence-corrected chi connectivity index (χ3v) is 6.17. The quantitative estimate of drug-likeness (QED) is 0.236. The summed E-state index contributed by atoms with van der Waals surface area (Å²) in [6, 6.07) is 16.8. The molecule has 41 heavy (non-hydrogen) atoms. The summed E-state index contributed by atoms with van der Waals surface area (Å²) >= 11 is 0. The van der Waals surface area contributed by atoms with Gasteiger partial charge in [-0.2, -0.15) is 0 Å². The van der Waals surface area contributed by atoms with Gasteiger partial charge in [-0.1, -0.05) is 60.7 Å². The number of hydrogen-bond acceptors (Lipinski definition) is 7. The summed E-state index contributed by atoms with van der Waals surface area (Å²) in [5.74, 6) is -1.41. The molecular weight excluding hydrogens is 526 g/mol. The number of hydrogen-bond donors (Lipinski definition) is 3. The molecule has 0 aromatic heterocycles. The minimum atomic E-state index is -0.962. The lowest BCUT2D eigenvalue weighted by molar-refractivity contribution is -0.145. The third kappa shape index (κ3) is 11.5. The Bertz CT molecular complexity index is 1080. The molecule has 3 atom stereocenters. The molecule has 0 heterocycles. The molecule has 0 saturated heterocycles. The number of esters is 1. The summed E-state index contributed by atoms with van der Waals surface area (Å²) < 4.78 is 15.2. The number of amides is 3. The number of methoxy groups -OCH3 is 1. The van der Waals surface area contributed by atoms with Gasteiger partial charge >= 0.3 is 18.2 Å². The van der Waals surface area contributed by atoms with E-state index in [9.17, 15) is 19.2 Å². The molecule has 0 radical (unpaired) electrons. The zero-order valence-electron chi connectivity index (χ0n) is 24.8. The monoisotopic (exact) mass is 569 g/mol. The van der Waals surface area contributed by atoms with E-state index in [0.717, 1.165) is 11.1 Å². The van der Waals surface area contributed by atoms with Gasteiger partial charge in [0, 0.05) is 12.0 Å². The van der Waals surface area contributed by atoms with Crippen molar-refractivity contribution in [2.45, 2.75) is 83.5 Å². The fourth-order valence-electron chi connectivity index (χ4n) is 4.36. The van der Waals surface area contributed by atoms with Gasteiger partial charge in [-0.05, 0) is 65.0 Å². The zero-order valence-corrected chi connectivity index (χ0v) is 24.8. The van der Waals surface area contributed by atoms with Crippen LogP contribution in [0.4, 0.5) is 9.59 Å². The molecule has 3 N–H and O–H groups in total. The van der Waals surface area contributed by atoms with Crippen LogP contribution in [0.5, 0.6) is 0 Å². The first-order chi connectivity index (χ1) is 19.4. The molecular formula is C31H43N3O7. The minimum absolute atomic E-state index is 0.177. The normalized spacial score (nSPS) is 13.3. The maximum absolute atomic E-state index is 13.6. The van der Waals surface area contributed by atoms with E-state index in [1.807, 2.05) is 67.6 Å². The van der Waals surface area contributed by atoms with Crippen molar-refractivity contribution in [2.75, 3.05) is 13.7 Å². The van der Waals surface area contributed by atoms with E-state index >= 15 is 0 Å². The van der Waals surface area contributed by atoms with Crippen LogP contribution in [0.25, 0.3) is 0 Å². The van der Waals surface area contributed by atoms with Gasteiger partial charge in [-0.25, -0.2) is 14.4 Å². The molecule has 3 amide bonds. The Morgan fingerprint density at radius 1 is 0.805 bits per heavy atom. The molecule has 10 heteroatoms. The molecule has 0 saturated carbocycles. The van der Waals surface area contributed by atoms with E-state index in [-0.39, 0.29) is 18.6 Å². The standard InChI is InChI=1S/C31H43N3O7/c1-7-40-28(36)24(33-30(38)41-31(3,4)5)20-14-15-21(2)32-27(35)26(34-29(37)39-6)25(22-16-10-8-11-17-22)23-18-12-9-13-19-23/h8-13,16-19,21,24-26H,7,14-15,20H2,1-6H3,(H,32,35)(H,33,38)(H,34,37). The fourth-order valence-corrected chi connectivity index (χ4v) is 4.36. The second kappa shape index (κ2) is 16.2. The molecule has 3 unspecified atom stereocenters. The number of carbonyl (C=O) groups excluding carboxylic acids is 4. The highest BCUT2D eigenvalue weighted by Gasteiger charge is 2.33. The fraction of sp³-hybridized carbons (Fsp3) is 0.484. The largest absolute Gasteiger partial charge is 0.464 e. The number of benzene rings is 2. The Morgan fingerprint density at radius 3 is 1.85 bits per heavy atom. The van der Waals surface area contributed by atoms with E-state index in [2.05, 4.69) is 16.0 Å². The highest BCUT2D eigenvalue weighted by molar-refractivity contribution is 5.87. The van der Waals surface area contributed by atoms with Crippen LogP contribution < -0.4 is 16.0 Å². The Labute approximate surface area is 242 Å². The van der Waals surface area contributed by atoms with Crippen LogP contribution >= 0.6 is 0 Å². The van der Waals surface area contributed by atoms with E-state index in [1.165, 1.54) is 7.11 Å². The van der Waals surface area contributed by atoms with Crippen molar-refractivity contribution in [1.29, 1.82) is 0 Å². The molecule has 0 aliphatic rings. The highest BCUT2D eigenvalue weighted by atomic mass is 16.6. The Morgan fingerprint density at radius 2 is 1.37 bits per heavy atom. The predicted molar refractivity (Wildman–Crippen MR) is 155 cm³/mol. The van der Waals surface area contributed by atoms with Crippen LogP contribution in [-0.2, 0) is 23.8 Å². The molecule has 10 nitrogen and oxygen atoms in total. The van der Waals surface area contributed by atoms with Crippen LogP contribution in [0.2, 0.25) is 0 Å². The second-order valence-corrected chi connectivity index (χ2v) is 10.7. The lowest BCUT2D eigenvalue weighted by Gasteiger charge is -2.29. The van der Waals surface area contributed by atoms with Gasteiger partial charge in [0.1, 0.15) is 17.7 Å². The summed E-state index contributed by atoms with van der Waals surface area (Å²) in [7, 11) is 1.25. The van der Waals surface area contributed by atoms with E-state index < -0.39 is 41.8 Å². The van der Waals surface area contributed by atoms with E-state index in [4.69, 9.17) is 14.2 Å². The molecule has 2 rings (SSSR count). The van der Waals surface area contributed by atoms with Crippen LogP contribution in [-0.4, -0.2) is 61.5 Å². The smallest absolute Gasteiger partial charge is 0.408 e. The molecule has 2 aromatic rings. The molecule has 0 bridgehead atoms. The number of rotatable bonds is 13. The Kier molecular flexibility index (Phi) is 13.1. The van der Waals surface area contributed by atoms with Gasteiger partial charge in [0.25, 0.3) is 0 Å². The molecule has 0 aliphatic heterocycles. The first kappa shape index (κ1) is 33.1. The van der Waals surface area contributed by atoms with Crippen LogP contribution in [0.1, 0.15) is 70.9 Å². The average molecular weight is 570 g/mol. The van der Waals surface area contributed by atoms with Gasteiger partial charge in [-0.15, -0.1) is 0 Å². The molecule has 0 spiro atoms. The second-order valence-electron chi connectivity index (χ2n) is 10.7. The number of ether oxygens (including phenoxy) is 3. The predicted octanol–water partition coefficient (Wildman–Crippen LogP) is 4.67. The van der Waals surface area contributed by atoms with Gasteiger partial charge in [-0.3, -0.25) is 4.79 Å². The van der Waals surface area contributed by atoms with E-state index in [1.54, 1.807) is 27.7 Å². The Balaban J connectivity index is 2.14. The number of nitrogens with one attached hydrogen (secondary N) is 3. The van der Waals surface area contributed by atoms with Crippen molar-refractivity contribution < 1.29 is 33.4 Å². The first-order valence-electron chi connectivity index (χ1n) is 13.9. The first-order valence-corrected chi connectivity index (χ1v) is 13.9. The van der Waals surface area contributed by atoms with Gasteiger partial charge in [0.05, 0.1) is 13.7 Å². The van der Waals surface area contributed by atoms with Crippen LogP contribution in [0, 0.1) is 0 Å². The molecule has 2 aromatic carbocycles. The summed E-state index contributed by atoms with van der Waals surface area (Å²) in [4.78, 5) is 50.7. The van der Waals surface area contributed by atoms with Crippen molar-refractivity contribution in [1.82, 2.24) is 16.0 Å². The van der Waals surface area contributed by atoms with Crippen molar-refractivity contribution in [3.05, 3.63) is 71.8 Å². The molecule has 0 aliphatic carbocycles. The van der Waals surface area contributed by atoms with Crippen molar-refractivity contribution >= 4 is 24.1 Å². The van der Waals surface area contributed by atoms with Gasteiger partial charge < -0.3 is 30.2 Å². The van der Waals surface area contributed by atoms with Gasteiger partial charge in [0.15, 0.2) is 0 Å². The highest BCUT2D eigenvalue weighted by Crippen LogP contribution is 2.28. The summed E-state index contributed by atoms with van der Waals surface area (Å²) in [6.45, 7) is 8.91. The summed E-state index contributed by atoms with van der Waals surface area (Å²) in [5.41, 5.74) is 0.996. The average Bonchev–Trinajstić information content (AvgIpc) is 2.92. The van der Waals surface area contributed by atoms with Crippen LogP contribution in [0.3, 0.4) is 0 Å². The Hall–Kier alpha value is -4.08. The minimum Gasteiger partial charge on any atom is -0.464 e. The summed E-state index contributed by atoms with van der Waals surface area (Å²) in [5, 5.41) is 8.29.